The molecule has 1 nitrogen and oxygen atoms in total. The molecule has 0 amide bonds. The summed E-state index contributed by atoms with van der Waals surface area (Å²) >= 11 is 0. The topological polar surface area (TPSA) is 12.0 Å². The molecular formula is C18H20FN. The van der Waals surface area contributed by atoms with Gasteiger partial charge in [0.15, 0.2) is 0 Å². The van der Waals surface area contributed by atoms with E-state index in [0.717, 1.165) is 31.2 Å². The third-order valence-electron chi connectivity index (χ3n) is 4.21. The molecule has 3 rings (SSSR count). The lowest BCUT2D eigenvalue weighted by Gasteiger charge is -2.27. The molecule has 20 heavy (non-hydrogen) atoms. The quantitative estimate of drug-likeness (QED) is 0.865. The number of benzene rings is 2. The largest absolute Gasteiger partial charge is 0.382 e. The van der Waals surface area contributed by atoms with E-state index in [2.05, 4.69) is 36.5 Å². The first-order valence-electron chi connectivity index (χ1n) is 7.32. The van der Waals surface area contributed by atoms with E-state index in [1.165, 1.54) is 22.9 Å². The van der Waals surface area contributed by atoms with E-state index in [1.807, 2.05) is 6.07 Å². The highest BCUT2D eigenvalue weighted by Crippen LogP contribution is 2.26. The average molecular weight is 269 g/mol. The van der Waals surface area contributed by atoms with Gasteiger partial charge in [0.25, 0.3) is 0 Å². The van der Waals surface area contributed by atoms with Gasteiger partial charge in [0, 0.05) is 11.7 Å². The number of aryl methyl sites for hydroxylation is 3. The van der Waals surface area contributed by atoms with E-state index in [4.69, 9.17) is 0 Å². The van der Waals surface area contributed by atoms with Crippen LogP contribution in [-0.2, 0) is 12.8 Å². The maximum absolute atomic E-state index is 13.3. The molecule has 2 aromatic carbocycles. The summed E-state index contributed by atoms with van der Waals surface area (Å²) < 4.78 is 13.3. The predicted molar refractivity (Wildman–Crippen MR) is 81.6 cm³/mol. The van der Waals surface area contributed by atoms with Crippen LogP contribution in [0, 0.1) is 12.7 Å². The lowest BCUT2D eigenvalue weighted by molar-refractivity contribution is 0.581. The summed E-state index contributed by atoms with van der Waals surface area (Å²) in [6.07, 6.45) is 4.28. The summed E-state index contributed by atoms with van der Waals surface area (Å²) in [5.74, 6) is -0.132. The summed E-state index contributed by atoms with van der Waals surface area (Å²) in [5.41, 5.74) is 4.98. The molecule has 1 aliphatic heterocycles. The molecule has 2 heteroatoms. The van der Waals surface area contributed by atoms with Crippen LogP contribution in [0.5, 0.6) is 0 Å². The zero-order chi connectivity index (χ0) is 13.9. The number of hydrogen-bond donors (Lipinski definition) is 1. The van der Waals surface area contributed by atoms with Crippen LogP contribution >= 0.6 is 0 Å². The number of hydrogen-bond acceptors (Lipinski definition) is 1. The van der Waals surface area contributed by atoms with Gasteiger partial charge < -0.3 is 5.32 Å². The van der Waals surface area contributed by atoms with E-state index in [0.29, 0.717) is 6.04 Å². The second-order valence-corrected chi connectivity index (χ2v) is 5.65. The molecule has 0 saturated carbocycles. The molecule has 0 bridgehead atoms. The fourth-order valence-electron chi connectivity index (χ4n) is 2.96. The Bertz CT molecular complexity index is 606. The minimum Gasteiger partial charge on any atom is -0.382 e. The smallest absolute Gasteiger partial charge is 0.123 e. The Hall–Kier alpha value is -1.83. The Labute approximate surface area is 119 Å². The normalized spacial score (nSPS) is 17.4. The first kappa shape index (κ1) is 13.2. The first-order valence-corrected chi connectivity index (χ1v) is 7.32. The zero-order valence-electron chi connectivity index (χ0n) is 11.8. The summed E-state index contributed by atoms with van der Waals surface area (Å²) in [6, 6.07) is 14.1. The molecule has 1 atom stereocenters. The van der Waals surface area contributed by atoms with Gasteiger partial charge in [0.1, 0.15) is 5.82 Å². The maximum atomic E-state index is 13.3. The fraction of sp³-hybridized carbons (Fsp3) is 0.333. The van der Waals surface area contributed by atoms with Gasteiger partial charge in [-0.1, -0.05) is 24.3 Å². The molecule has 0 aromatic heterocycles. The Morgan fingerprint density at radius 1 is 1.20 bits per heavy atom. The third-order valence-corrected chi connectivity index (χ3v) is 4.21. The average Bonchev–Trinajstić information content (AvgIpc) is 2.48. The van der Waals surface area contributed by atoms with Crippen LogP contribution in [0.15, 0.2) is 42.5 Å². The van der Waals surface area contributed by atoms with Crippen LogP contribution in [0.1, 0.15) is 29.5 Å². The number of fused-ring (bicyclic) bond motifs is 1. The van der Waals surface area contributed by atoms with Crippen LogP contribution < -0.4 is 5.32 Å². The maximum Gasteiger partial charge on any atom is 0.123 e. The van der Waals surface area contributed by atoms with Gasteiger partial charge in [-0.15, -0.1) is 0 Å². The Balaban J connectivity index is 1.64. The number of rotatable bonds is 3. The zero-order valence-corrected chi connectivity index (χ0v) is 11.8. The van der Waals surface area contributed by atoms with Crippen molar-refractivity contribution in [3.63, 3.8) is 0 Å². The number of nitrogens with one attached hydrogen (secondary N) is 1. The van der Waals surface area contributed by atoms with Crippen molar-refractivity contribution in [3.05, 3.63) is 65.0 Å². The SMILES string of the molecule is Cc1ccc(F)cc1CCC1CCc2ccccc2N1. The van der Waals surface area contributed by atoms with Crippen LogP contribution in [0.3, 0.4) is 0 Å². The van der Waals surface area contributed by atoms with Crippen molar-refractivity contribution in [2.45, 2.75) is 38.6 Å². The molecule has 0 aliphatic carbocycles. The summed E-state index contributed by atoms with van der Waals surface area (Å²) in [6.45, 7) is 2.05. The molecule has 1 heterocycles. The monoisotopic (exact) mass is 269 g/mol. The molecule has 0 spiro atoms. The van der Waals surface area contributed by atoms with Crippen molar-refractivity contribution in [2.24, 2.45) is 0 Å². The van der Waals surface area contributed by atoms with Crippen molar-refractivity contribution in [3.8, 4) is 0 Å². The lowest BCUT2D eigenvalue weighted by Crippen LogP contribution is -2.26. The fourth-order valence-corrected chi connectivity index (χ4v) is 2.96. The predicted octanol–water partition coefficient (Wildman–Crippen LogP) is 4.49. The molecule has 0 saturated heterocycles. The van der Waals surface area contributed by atoms with Crippen LogP contribution in [0.25, 0.3) is 0 Å². The lowest BCUT2D eigenvalue weighted by atomic mass is 9.93. The van der Waals surface area contributed by atoms with Crippen molar-refractivity contribution < 1.29 is 4.39 Å². The Morgan fingerprint density at radius 2 is 2.05 bits per heavy atom. The molecule has 104 valence electrons. The van der Waals surface area contributed by atoms with E-state index in [-0.39, 0.29) is 5.82 Å². The molecule has 2 aromatic rings. The van der Waals surface area contributed by atoms with Crippen molar-refractivity contribution in [1.82, 2.24) is 0 Å². The van der Waals surface area contributed by atoms with Crippen molar-refractivity contribution in [2.75, 3.05) is 5.32 Å². The molecule has 0 radical (unpaired) electrons. The Kier molecular flexibility index (Phi) is 3.72. The number of para-hydroxylation sites is 1. The summed E-state index contributed by atoms with van der Waals surface area (Å²) in [7, 11) is 0. The molecule has 1 aliphatic rings. The molecule has 1 unspecified atom stereocenters. The molecule has 1 N–H and O–H groups in total. The third kappa shape index (κ3) is 2.84. The van der Waals surface area contributed by atoms with E-state index < -0.39 is 0 Å². The van der Waals surface area contributed by atoms with Crippen molar-refractivity contribution >= 4 is 5.69 Å². The van der Waals surface area contributed by atoms with Gasteiger partial charge in [-0.2, -0.15) is 0 Å². The van der Waals surface area contributed by atoms with Gasteiger partial charge in [0.05, 0.1) is 0 Å². The van der Waals surface area contributed by atoms with Gasteiger partial charge in [-0.3, -0.25) is 0 Å². The van der Waals surface area contributed by atoms with Crippen LogP contribution in [0.2, 0.25) is 0 Å². The standard InChI is InChI=1S/C18H20FN/c1-13-6-9-16(19)12-15(13)8-11-17-10-7-14-4-2-3-5-18(14)20-17/h2-6,9,12,17,20H,7-8,10-11H2,1H3. The second kappa shape index (κ2) is 5.66. The molecule has 0 fully saturated rings. The number of anilines is 1. The second-order valence-electron chi connectivity index (χ2n) is 5.65. The highest BCUT2D eigenvalue weighted by molar-refractivity contribution is 5.53. The van der Waals surface area contributed by atoms with Gasteiger partial charge in [-0.25, -0.2) is 4.39 Å². The van der Waals surface area contributed by atoms with Crippen molar-refractivity contribution in [1.29, 1.82) is 0 Å². The van der Waals surface area contributed by atoms with Gasteiger partial charge in [0.2, 0.25) is 0 Å². The van der Waals surface area contributed by atoms with E-state index in [1.54, 1.807) is 6.07 Å². The molecular weight excluding hydrogens is 249 g/mol. The minimum absolute atomic E-state index is 0.132. The van der Waals surface area contributed by atoms with Gasteiger partial charge >= 0.3 is 0 Å². The van der Waals surface area contributed by atoms with Crippen LogP contribution in [0.4, 0.5) is 10.1 Å². The van der Waals surface area contributed by atoms with E-state index in [9.17, 15) is 4.39 Å². The minimum atomic E-state index is -0.132. The van der Waals surface area contributed by atoms with Gasteiger partial charge in [-0.05, 0) is 67.5 Å². The highest BCUT2D eigenvalue weighted by atomic mass is 19.1. The van der Waals surface area contributed by atoms with Crippen LogP contribution in [-0.4, -0.2) is 6.04 Å². The Morgan fingerprint density at radius 3 is 2.95 bits per heavy atom. The first-order chi connectivity index (χ1) is 9.72. The summed E-state index contributed by atoms with van der Waals surface area (Å²) in [4.78, 5) is 0. The van der Waals surface area contributed by atoms with E-state index >= 15 is 0 Å². The highest BCUT2D eigenvalue weighted by Gasteiger charge is 2.17. The number of halogens is 1. The summed E-state index contributed by atoms with van der Waals surface area (Å²) in [5, 5.41) is 3.61.